The van der Waals surface area contributed by atoms with Crippen molar-refractivity contribution < 1.29 is 9.21 Å². The molecular weight excluding hydrogens is 511 g/mol. The van der Waals surface area contributed by atoms with E-state index < -0.39 is 0 Å². The van der Waals surface area contributed by atoms with Crippen molar-refractivity contribution in [3.05, 3.63) is 58.5 Å². The number of amides is 1. The second-order valence-electron chi connectivity index (χ2n) is 5.51. The lowest BCUT2D eigenvalue weighted by molar-refractivity contribution is -0.119. The van der Waals surface area contributed by atoms with Gasteiger partial charge in [-0.25, -0.2) is 4.99 Å². The molecule has 0 spiro atoms. The number of benzene rings is 1. The molecule has 0 atom stereocenters. The van der Waals surface area contributed by atoms with Crippen LogP contribution in [0.1, 0.15) is 18.2 Å². The fourth-order valence-electron chi connectivity index (χ4n) is 2.21. The van der Waals surface area contributed by atoms with E-state index in [1.165, 1.54) is 5.56 Å². The van der Waals surface area contributed by atoms with Gasteiger partial charge in [0.1, 0.15) is 12.3 Å². The Hall–Kier alpha value is -1.55. The average Bonchev–Trinajstić information content (AvgIpc) is 3.12. The Morgan fingerprint density at radius 1 is 1.23 bits per heavy atom. The van der Waals surface area contributed by atoms with Crippen LogP contribution >= 0.6 is 39.9 Å². The Morgan fingerprint density at radius 3 is 2.58 bits per heavy atom. The zero-order valence-corrected chi connectivity index (χ0v) is 18.8. The average molecular weight is 535 g/mol. The fourth-order valence-corrected chi connectivity index (χ4v) is 2.47. The maximum absolute atomic E-state index is 12.0. The number of guanidine groups is 1. The maximum atomic E-state index is 12.0. The summed E-state index contributed by atoms with van der Waals surface area (Å²) >= 11 is 3.43. The summed E-state index contributed by atoms with van der Waals surface area (Å²) in [4.78, 5) is 18.4. The lowest BCUT2D eigenvalue weighted by Crippen LogP contribution is -2.39. The highest BCUT2D eigenvalue weighted by Crippen LogP contribution is 2.11. The van der Waals surface area contributed by atoms with Crippen LogP contribution in [-0.4, -0.2) is 36.9 Å². The summed E-state index contributed by atoms with van der Waals surface area (Å²) in [5.41, 5.74) is 1.17. The molecule has 0 aliphatic carbocycles. The van der Waals surface area contributed by atoms with Crippen LogP contribution in [-0.2, 0) is 17.9 Å². The van der Waals surface area contributed by atoms with Gasteiger partial charge in [-0.15, -0.1) is 24.0 Å². The number of hydrogen-bond acceptors (Lipinski definition) is 3. The molecule has 0 radical (unpaired) electrons. The van der Waals surface area contributed by atoms with E-state index in [1.54, 1.807) is 12.3 Å². The van der Waals surface area contributed by atoms with Crippen molar-refractivity contribution in [3.63, 3.8) is 0 Å². The van der Waals surface area contributed by atoms with E-state index in [9.17, 15) is 4.79 Å². The molecule has 142 valence electrons. The molecule has 26 heavy (non-hydrogen) atoms. The molecule has 0 fully saturated rings. The van der Waals surface area contributed by atoms with Crippen LogP contribution in [0.3, 0.4) is 0 Å². The molecule has 0 aliphatic rings. The van der Waals surface area contributed by atoms with E-state index >= 15 is 0 Å². The van der Waals surface area contributed by atoms with E-state index in [-0.39, 0.29) is 36.4 Å². The summed E-state index contributed by atoms with van der Waals surface area (Å²) in [7, 11) is 1.95. The fraction of sp³-hybridized carbons (Fsp3) is 0.333. The van der Waals surface area contributed by atoms with Gasteiger partial charge in [0, 0.05) is 24.6 Å². The molecule has 0 aliphatic heterocycles. The second kappa shape index (κ2) is 11.9. The molecular formula is C18H24BrIN4O2. The van der Waals surface area contributed by atoms with E-state index in [0.29, 0.717) is 19.0 Å². The molecule has 0 saturated carbocycles. The van der Waals surface area contributed by atoms with Crippen LogP contribution in [0.15, 0.2) is 56.5 Å². The van der Waals surface area contributed by atoms with Gasteiger partial charge in [0.15, 0.2) is 5.96 Å². The van der Waals surface area contributed by atoms with Crippen LogP contribution in [0.25, 0.3) is 0 Å². The summed E-state index contributed by atoms with van der Waals surface area (Å²) < 4.78 is 6.24. The summed E-state index contributed by atoms with van der Waals surface area (Å²) in [6.45, 7) is 3.87. The topological polar surface area (TPSA) is 69.9 Å². The number of carbonyl (C=O) groups excluding carboxylic acids is 1. The minimum atomic E-state index is -0.149. The standard InChI is InChI=1S/C18H23BrN4O2.HI/c1-3-20-18(23(2)13-14-6-8-15(19)9-7-14)22-12-17(24)21-11-16-5-4-10-25-16;/h4-10H,3,11-13H2,1-2H3,(H,20,22)(H,21,24);1H. The largest absolute Gasteiger partial charge is 0.467 e. The number of hydrogen-bond donors (Lipinski definition) is 2. The molecule has 1 aromatic heterocycles. The van der Waals surface area contributed by atoms with Crippen molar-refractivity contribution in [2.24, 2.45) is 4.99 Å². The first-order valence-corrected chi connectivity index (χ1v) is 8.90. The first-order chi connectivity index (χ1) is 12.1. The molecule has 2 aromatic rings. The molecule has 0 bridgehead atoms. The van der Waals surface area contributed by atoms with Gasteiger partial charge in [0.25, 0.3) is 0 Å². The number of furan rings is 1. The highest BCUT2D eigenvalue weighted by Gasteiger charge is 2.08. The van der Waals surface area contributed by atoms with Gasteiger partial charge < -0.3 is 20.0 Å². The Labute approximate surface area is 179 Å². The highest BCUT2D eigenvalue weighted by molar-refractivity contribution is 14.0. The summed E-state index contributed by atoms with van der Waals surface area (Å²) in [6, 6.07) is 11.7. The van der Waals surface area contributed by atoms with Crippen molar-refractivity contribution in [2.75, 3.05) is 20.1 Å². The predicted molar refractivity (Wildman–Crippen MR) is 118 cm³/mol. The Bertz CT molecular complexity index is 690. The van der Waals surface area contributed by atoms with Gasteiger partial charge >= 0.3 is 0 Å². The molecule has 1 aromatic carbocycles. The number of aliphatic imine (C=N–C) groups is 1. The van der Waals surface area contributed by atoms with Crippen LogP contribution in [0, 0.1) is 0 Å². The van der Waals surface area contributed by atoms with Crippen molar-refractivity contribution in [1.82, 2.24) is 15.5 Å². The molecule has 6 nitrogen and oxygen atoms in total. The molecule has 1 heterocycles. The predicted octanol–water partition coefficient (Wildman–Crippen LogP) is 3.37. The zero-order chi connectivity index (χ0) is 18.1. The Balaban J connectivity index is 0.00000338. The number of nitrogens with one attached hydrogen (secondary N) is 2. The summed E-state index contributed by atoms with van der Waals surface area (Å²) in [6.07, 6.45) is 1.58. The molecule has 0 saturated heterocycles. The smallest absolute Gasteiger partial charge is 0.242 e. The van der Waals surface area contributed by atoms with Crippen LogP contribution in [0.5, 0.6) is 0 Å². The molecule has 0 unspecified atom stereocenters. The molecule has 8 heteroatoms. The second-order valence-corrected chi connectivity index (χ2v) is 6.42. The normalized spacial score (nSPS) is 10.8. The minimum Gasteiger partial charge on any atom is -0.467 e. The zero-order valence-electron chi connectivity index (χ0n) is 14.9. The lowest BCUT2D eigenvalue weighted by atomic mass is 10.2. The van der Waals surface area contributed by atoms with Gasteiger partial charge in [-0.1, -0.05) is 28.1 Å². The minimum absolute atomic E-state index is 0. The lowest BCUT2D eigenvalue weighted by Gasteiger charge is -2.22. The summed E-state index contributed by atoms with van der Waals surface area (Å²) in [5, 5.41) is 5.99. The number of nitrogens with zero attached hydrogens (tertiary/aromatic N) is 2. The number of rotatable bonds is 7. The molecule has 1 amide bonds. The van der Waals surface area contributed by atoms with Gasteiger partial charge in [-0.05, 0) is 36.8 Å². The van der Waals surface area contributed by atoms with E-state index in [4.69, 9.17) is 4.42 Å². The first-order valence-electron chi connectivity index (χ1n) is 8.11. The number of halogens is 2. The Morgan fingerprint density at radius 2 is 1.96 bits per heavy atom. The monoisotopic (exact) mass is 534 g/mol. The third kappa shape index (κ3) is 7.77. The van der Waals surface area contributed by atoms with Crippen molar-refractivity contribution >= 4 is 51.8 Å². The van der Waals surface area contributed by atoms with Gasteiger partial charge in [-0.2, -0.15) is 0 Å². The van der Waals surface area contributed by atoms with Gasteiger partial charge in [-0.3, -0.25) is 4.79 Å². The molecule has 2 N–H and O–H groups in total. The van der Waals surface area contributed by atoms with E-state index in [1.807, 2.05) is 37.1 Å². The number of carbonyl (C=O) groups is 1. The van der Waals surface area contributed by atoms with Crippen molar-refractivity contribution in [1.29, 1.82) is 0 Å². The van der Waals surface area contributed by atoms with Crippen LogP contribution < -0.4 is 10.6 Å². The highest BCUT2D eigenvalue weighted by atomic mass is 127. The van der Waals surface area contributed by atoms with Crippen molar-refractivity contribution in [2.45, 2.75) is 20.0 Å². The third-order valence-corrected chi connectivity index (χ3v) is 3.97. The third-order valence-electron chi connectivity index (χ3n) is 3.44. The van der Waals surface area contributed by atoms with Crippen LogP contribution in [0.2, 0.25) is 0 Å². The van der Waals surface area contributed by atoms with Gasteiger partial charge in [0.2, 0.25) is 5.91 Å². The summed E-state index contributed by atoms with van der Waals surface area (Å²) in [5.74, 6) is 1.26. The molecule has 2 rings (SSSR count). The first kappa shape index (κ1) is 22.5. The van der Waals surface area contributed by atoms with Crippen molar-refractivity contribution in [3.8, 4) is 0 Å². The van der Waals surface area contributed by atoms with Crippen LogP contribution in [0.4, 0.5) is 0 Å². The van der Waals surface area contributed by atoms with E-state index in [0.717, 1.165) is 16.8 Å². The van der Waals surface area contributed by atoms with Gasteiger partial charge in [0.05, 0.1) is 12.8 Å². The SMILES string of the molecule is CCNC(=NCC(=O)NCc1ccco1)N(C)Cc1ccc(Br)cc1.I. The maximum Gasteiger partial charge on any atom is 0.242 e. The Kier molecular flexibility index (Phi) is 10.3. The van der Waals surface area contributed by atoms with E-state index in [2.05, 4.69) is 43.7 Å². The quantitative estimate of drug-likeness (QED) is 0.324.